The van der Waals surface area contributed by atoms with Gasteiger partial charge in [0.1, 0.15) is 5.82 Å². The van der Waals surface area contributed by atoms with Gasteiger partial charge < -0.3 is 10.3 Å². The summed E-state index contributed by atoms with van der Waals surface area (Å²) in [4.78, 5) is 16.2. The van der Waals surface area contributed by atoms with Crippen molar-refractivity contribution in [2.24, 2.45) is 0 Å². The fraction of sp³-hybridized carbons (Fsp3) is 0.286. The molecule has 1 aromatic carbocycles. The molecule has 2 aromatic rings. The van der Waals surface area contributed by atoms with Gasteiger partial charge in [0.15, 0.2) is 5.78 Å². The molecule has 2 N–H and O–H groups in total. The van der Waals surface area contributed by atoms with E-state index in [4.69, 9.17) is 5.73 Å². The minimum absolute atomic E-state index is 0.0302. The van der Waals surface area contributed by atoms with Crippen molar-refractivity contribution in [2.45, 2.75) is 26.1 Å². The number of hydrogen-bond donors (Lipinski definition) is 1. The maximum atomic E-state index is 12.7. The van der Waals surface area contributed by atoms with Crippen molar-refractivity contribution >= 4 is 11.5 Å². The number of ketones is 1. The first-order chi connectivity index (χ1) is 9.82. The third-order valence-corrected chi connectivity index (χ3v) is 3.14. The number of carbonyl (C=O) groups excluding carboxylic acids is 1. The third-order valence-electron chi connectivity index (χ3n) is 3.14. The molecule has 0 radical (unpaired) electrons. The predicted octanol–water partition coefficient (Wildman–Crippen LogP) is 2.93. The van der Waals surface area contributed by atoms with Crippen LogP contribution >= 0.6 is 0 Å². The Hall–Kier alpha value is -2.31. The van der Waals surface area contributed by atoms with Crippen LogP contribution in [0.5, 0.6) is 0 Å². The summed E-state index contributed by atoms with van der Waals surface area (Å²) in [6.07, 6.45) is -1.35. The molecule has 0 bridgehead atoms. The minimum atomic E-state index is -4.51. The summed E-state index contributed by atoms with van der Waals surface area (Å²) in [5.74, 6) is 0.0128. The van der Waals surface area contributed by atoms with Gasteiger partial charge in [0.05, 0.1) is 12.0 Å². The zero-order valence-corrected chi connectivity index (χ0v) is 11.3. The number of aryl methyl sites for hydroxylation is 1. The Morgan fingerprint density at radius 2 is 2.10 bits per heavy atom. The highest BCUT2D eigenvalue weighted by Crippen LogP contribution is 2.31. The van der Waals surface area contributed by atoms with E-state index in [0.717, 1.165) is 18.2 Å². The second kappa shape index (κ2) is 5.59. The van der Waals surface area contributed by atoms with E-state index < -0.39 is 17.5 Å². The fourth-order valence-corrected chi connectivity index (χ4v) is 2.01. The van der Waals surface area contributed by atoms with E-state index in [1.807, 2.05) is 6.92 Å². The number of rotatable bonds is 4. The van der Waals surface area contributed by atoms with E-state index in [-0.39, 0.29) is 17.7 Å². The molecule has 1 aromatic heterocycles. The standard InChI is InChI=1S/C14H14F3N3O/c1-2-20-6-5-19-13(20)8-12(21)10-7-9(14(15,16)17)3-4-11(10)18/h3-7H,2,8,18H2,1H3. The molecule has 0 spiro atoms. The summed E-state index contributed by atoms with van der Waals surface area (Å²) in [5.41, 5.74) is 4.63. The van der Waals surface area contributed by atoms with Crippen molar-refractivity contribution in [2.75, 3.05) is 5.73 Å². The van der Waals surface area contributed by atoms with Gasteiger partial charge in [-0.1, -0.05) is 0 Å². The average Bonchev–Trinajstić information content (AvgIpc) is 2.84. The SMILES string of the molecule is CCn1ccnc1CC(=O)c1cc(C(F)(F)F)ccc1N. The molecular weight excluding hydrogens is 283 g/mol. The highest BCUT2D eigenvalue weighted by Gasteiger charge is 2.31. The molecule has 0 atom stereocenters. The van der Waals surface area contributed by atoms with Crippen LogP contribution in [0.1, 0.15) is 28.7 Å². The van der Waals surface area contributed by atoms with E-state index >= 15 is 0 Å². The van der Waals surface area contributed by atoms with Crippen molar-refractivity contribution < 1.29 is 18.0 Å². The lowest BCUT2D eigenvalue weighted by atomic mass is 10.0. The smallest absolute Gasteiger partial charge is 0.398 e. The normalized spacial score (nSPS) is 11.6. The lowest BCUT2D eigenvalue weighted by molar-refractivity contribution is -0.137. The van der Waals surface area contributed by atoms with E-state index in [0.29, 0.717) is 12.4 Å². The molecule has 1 heterocycles. The van der Waals surface area contributed by atoms with Crippen molar-refractivity contribution in [3.63, 3.8) is 0 Å². The van der Waals surface area contributed by atoms with E-state index in [1.165, 1.54) is 0 Å². The summed E-state index contributed by atoms with van der Waals surface area (Å²) in [7, 11) is 0. The number of anilines is 1. The molecule has 0 aliphatic heterocycles. The van der Waals surface area contributed by atoms with Gasteiger partial charge in [-0.25, -0.2) is 4.98 Å². The van der Waals surface area contributed by atoms with Gasteiger partial charge >= 0.3 is 6.18 Å². The molecule has 0 unspecified atom stereocenters. The van der Waals surface area contributed by atoms with Gasteiger partial charge in [-0.15, -0.1) is 0 Å². The van der Waals surface area contributed by atoms with Crippen molar-refractivity contribution in [1.82, 2.24) is 9.55 Å². The summed E-state index contributed by atoms with van der Waals surface area (Å²) in [6.45, 7) is 2.51. The van der Waals surface area contributed by atoms with Gasteiger partial charge in [-0.05, 0) is 25.1 Å². The molecule has 0 amide bonds. The quantitative estimate of drug-likeness (QED) is 0.697. The number of aromatic nitrogens is 2. The van der Waals surface area contributed by atoms with Crippen LogP contribution in [0.4, 0.5) is 18.9 Å². The van der Waals surface area contributed by atoms with Gasteiger partial charge in [-0.2, -0.15) is 13.2 Å². The predicted molar refractivity (Wildman–Crippen MR) is 71.8 cm³/mol. The van der Waals surface area contributed by atoms with Crippen molar-refractivity contribution in [1.29, 1.82) is 0 Å². The summed E-state index contributed by atoms with van der Waals surface area (Å²) in [5, 5.41) is 0. The van der Waals surface area contributed by atoms with Crippen LogP contribution in [-0.4, -0.2) is 15.3 Å². The molecule has 0 aliphatic rings. The molecule has 7 heteroatoms. The molecule has 0 fully saturated rings. The highest BCUT2D eigenvalue weighted by molar-refractivity contribution is 6.01. The number of halogens is 3. The first-order valence-electron chi connectivity index (χ1n) is 6.33. The van der Waals surface area contributed by atoms with Gasteiger partial charge in [0.25, 0.3) is 0 Å². The number of nitrogens with zero attached hydrogens (tertiary/aromatic N) is 2. The van der Waals surface area contributed by atoms with Crippen LogP contribution < -0.4 is 5.73 Å². The van der Waals surface area contributed by atoms with Crippen LogP contribution in [0.15, 0.2) is 30.6 Å². The number of Topliss-reactive ketones (excluding diaryl/α,β-unsaturated/α-hetero) is 1. The van der Waals surface area contributed by atoms with Crippen LogP contribution in [0, 0.1) is 0 Å². The zero-order valence-electron chi connectivity index (χ0n) is 11.3. The first kappa shape index (κ1) is 15.1. The summed E-state index contributed by atoms with van der Waals surface area (Å²) < 4.78 is 39.8. The van der Waals surface area contributed by atoms with Gasteiger partial charge in [-0.3, -0.25) is 4.79 Å². The maximum absolute atomic E-state index is 12.7. The molecule has 112 valence electrons. The number of carbonyl (C=O) groups is 1. The van der Waals surface area contributed by atoms with Gasteiger partial charge in [0.2, 0.25) is 0 Å². The average molecular weight is 297 g/mol. The molecular formula is C14H14F3N3O. The number of hydrogen-bond acceptors (Lipinski definition) is 3. The van der Waals surface area contributed by atoms with Crippen LogP contribution in [0.25, 0.3) is 0 Å². The Morgan fingerprint density at radius 3 is 2.71 bits per heavy atom. The number of imidazole rings is 1. The van der Waals surface area contributed by atoms with Crippen molar-refractivity contribution in [3.05, 3.63) is 47.5 Å². The lowest BCUT2D eigenvalue weighted by Crippen LogP contribution is -2.13. The summed E-state index contributed by atoms with van der Waals surface area (Å²) in [6, 6.07) is 2.75. The third kappa shape index (κ3) is 3.24. The van der Waals surface area contributed by atoms with E-state index in [9.17, 15) is 18.0 Å². The summed E-state index contributed by atoms with van der Waals surface area (Å²) >= 11 is 0. The monoisotopic (exact) mass is 297 g/mol. The van der Waals surface area contributed by atoms with Crippen LogP contribution in [0.3, 0.4) is 0 Å². The van der Waals surface area contributed by atoms with Crippen LogP contribution in [-0.2, 0) is 19.1 Å². The van der Waals surface area contributed by atoms with Crippen molar-refractivity contribution in [3.8, 4) is 0 Å². The number of nitrogens with two attached hydrogens (primary N) is 1. The largest absolute Gasteiger partial charge is 0.416 e. The Morgan fingerprint density at radius 1 is 1.38 bits per heavy atom. The molecule has 0 saturated heterocycles. The molecule has 4 nitrogen and oxygen atoms in total. The number of nitrogen functional groups attached to an aromatic ring is 1. The molecule has 0 aliphatic carbocycles. The maximum Gasteiger partial charge on any atom is 0.416 e. The number of benzene rings is 1. The zero-order chi connectivity index (χ0) is 15.6. The minimum Gasteiger partial charge on any atom is -0.398 e. The second-order valence-corrected chi connectivity index (χ2v) is 4.53. The topological polar surface area (TPSA) is 60.9 Å². The van der Waals surface area contributed by atoms with Crippen LogP contribution in [0.2, 0.25) is 0 Å². The van der Waals surface area contributed by atoms with E-state index in [1.54, 1.807) is 17.0 Å². The molecule has 2 rings (SSSR count). The number of alkyl halides is 3. The second-order valence-electron chi connectivity index (χ2n) is 4.53. The van der Waals surface area contributed by atoms with E-state index in [2.05, 4.69) is 4.98 Å². The fourth-order valence-electron chi connectivity index (χ4n) is 2.01. The Kier molecular flexibility index (Phi) is 4.02. The van der Waals surface area contributed by atoms with Gasteiger partial charge in [0, 0.05) is 30.2 Å². The lowest BCUT2D eigenvalue weighted by Gasteiger charge is -2.11. The molecule has 21 heavy (non-hydrogen) atoms. The Balaban J connectivity index is 2.31. The molecule has 0 saturated carbocycles. The highest BCUT2D eigenvalue weighted by atomic mass is 19.4. The Bertz CT molecular complexity index is 662. The Labute approximate surface area is 119 Å². The first-order valence-corrected chi connectivity index (χ1v) is 6.33.